The molecule has 0 fully saturated rings. The Hall–Kier alpha value is -1.57. The number of hydrogen-bond acceptors (Lipinski definition) is 3. The third-order valence-corrected chi connectivity index (χ3v) is 2.24. The number of carboxylic acids is 2. The molecule has 0 aliphatic heterocycles. The van der Waals surface area contributed by atoms with Gasteiger partial charge in [-0.15, -0.1) is 0 Å². The summed E-state index contributed by atoms with van der Waals surface area (Å²) in [5, 5.41) is 25.9. The van der Waals surface area contributed by atoms with Gasteiger partial charge >= 0.3 is 11.9 Å². The van der Waals surface area contributed by atoms with Crippen LogP contribution < -0.4 is 0 Å². The lowest BCUT2D eigenvalue weighted by atomic mass is 9.75. The average molecular weight is 185 g/mol. The van der Waals surface area contributed by atoms with E-state index >= 15 is 0 Å². The zero-order valence-corrected chi connectivity index (χ0v) is 7.44. The highest BCUT2D eigenvalue weighted by molar-refractivity contribution is 5.84. The molecule has 2 atom stereocenters. The molecule has 0 heterocycles. The quantitative estimate of drug-likeness (QED) is 0.672. The van der Waals surface area contributed by atoms with E-state index in [1.54, 1.807) is 6.92 Å². The molecule has 72 valence electrons. The molecular weight excluding hydrogens is 174 g/mol. The van der Waals surface area contributed by atoms with Crippen LogP contribution in [0.2, 0.25) is 0 Å². The third kappa shape index (κ3) is 1.96. The minimum Gasteiger partial charge on any atom is -0.481 e. The lowest BCUT2D eigenvalue weighted by Gasteiger charge is -2.24. The number of rotatable bonds is 4. The lowest BCUT2D eigenvalue weighted by Crippen LogP contribution is -2.38. The fourth-order valence-corrected chi connectivity index (χ4v) is 0.949. The van der Waals surface area contributed by atoms with Crippen LogP contribution in [0.5, 0.6) is 0 Å². The Labute approximate surface area is 75.6 Å². The minimum absolute atomic E-state index is 0.104. The van der Waals surface area contributed by atoms with Crippen molar-refractivity contribution < 1.29 is 19.8 Å². The van der Waals surface area contributed by atoms with E-state index in [1.807, 2.05) is 0 Å². The van der Waals surface area contributed by atoms with Gasteiger partial charge in [0.05, 0.1) is 11.5 Å². The standard InChI is InChI=1S/C8H11NO4/c1-3-8(2,7(12)13)5(4-9)6(10)11/h5H,3H2,1-2H3,(H,10,11)(H,12,13). The Morgan fingerprint density at radius 2 is 2.00 bits per heavy atom. The second kappa shape index (κ2) is 3.90. The van der Waals surface area contributed by atoms with E-state index in [4.69, 9.17) is 15.5 Å². The Morgan fingerprint density at radius 3 is 2.08 bits per heavy atom. The van der Waals surface area contributed by atoms with E-state index in [0.717, 1.165) is 0 Å². The van der Waals surface area contributed by atoms with Crippen LogP contribution in [0.4, 0.5) is 0 Å². The lowest BCUT2D eigenvalue weighted by molar-refractivity contribution is -0.158. The number of carboxylic acid groups (broad SMARTS) is 2. The van der Waals surface area contributed by atoms with Crippen LogP contribution in [0.15, 0.2) is 0 Å². The van der Waals surface area contributed by atoms with Gasteiger partial charge in [-0.25, -0.2) is 0 Å². The minimum atomic E-state index is -1.51. The molecule has 2 N–H and O–H groups in total. The van der Waals surface area contributed by atoms with Crippen LogP contribution >= 0.6 is 0 Å². The molecule has 0 saturated heterocycles. The van der Waals surface area contributed by atoms with Gasteiger partial charge in [0.15, 0.2) is 5.92 Å². The number of hydrogen-bond donors (Lipinski definition) is 2. The second-order valence-electron chi connectivity index (χ2n) is 2.98. The van der Waals surface area contributed by atoms with Gasteiger partial charge in [-0.2, -0.15) is 5.26 Å². The van der Waals surface area contributed by atoms with Gasteiger partial charge in [-0.3, -0.25) is 9.59 Å². The van der Waals surface area contributed by atoms with E-state index in [9.17, 15) is 9.59 Å². The molecule has 0 aliphatic carbocycles. The summed E-state index contributed by atoms with van der Waals surface area (Å²) in [6, 6.07) is 1.49. The summed E-state index contributed by atoms with van der Waals surface area (Å²) in [4.78, 5) is 21.3. The maximum absolute atomic E-state index is 10.7. The summed E-state index contributed by atoms with van der Waals surface area (Å²) < 4.78 is 0. The van der Waals surface area contributed by atoms with E-state index in [-0.39, 0.29) is 6.42 Å². The van der Waals surface area contributed by atoms with Crippen molar-refractivity contribution >= 4 is 11.9 Å². The first-order valence-corrected chi connectivity index (χ1v) is 3.76. The van der Waals surface area contributed by atoms with Crippen molar-refractivity contribution in [3.8, 4) is 6.07 Å². The molecule has 0 aromatic heterocycles. The van der Waals surface area contributed by atoms with Crippen molar-refractivity contribution in [1.82, 2.24) is 0 Å². The van der Waals surface area contributed by atoms with E-state index in [1.165, 1.54) is 13.0 Å². The largest absolute Gasteiger partial charge is 0.481 e. The highest BCUT2D eigenvalue weighted by Gasteiger charge is 2.44. The predicted molar refractivity (Wildman–Crippen MR) is 42.8 cm³/mol. The van der Waals surface area contributed by atoms with Crippen molar-refractivity contribution in [2.24, 2.45) is 11.3 Å². The third-order valence-electron chi connectivity index (χ3n) is 2.24. The maximum Gasteiger partial charge on any atom is 0.322 e. The zero-order chi connectivity index (χ0) is 10.6. The van der Waals surface area contributed by atoms with Crippen molar-refractivity contribution in [3.05, 3.63) is 0 Å². The molecular formula is C8H11NO4. The Morgan fingerprint density at radius 1 is 1.54 bits per heavy atom. The fraction of sp³-hybridized carbons (Fsp3) is 0.625. The summed E-state index contributed by atoms with van der Waals surface area (Å²) in [6.45, 7) is 2.80. The van der Waals surface area contributed by atoms with Crippen LogP contribution in [0, 0.1) is 22.7 Å². The van der Waals surface area contributed by atoms with E-state index in [2.05, 4.69) is 0 Å². The van der Waals surface area contributed by atoms with E-state index in [0.29, 0.717) is 0 Å². The zero-order valence-electron chi connectivity index (χ0n) is 7.44. The number of carbonyl (C=O) groups is 2. The monoisotopic (exact) mass is 185 g/mol. The highest BCUT2D eigenvalue weighted by atomic mass is 16.4. The molecule has 0 aromatic carbocycles. The topological polar surface area (TPSA) is 98.4 Å². The molecule has 13 heavy (non-hydrogen) atoms. The first-order valence-electron chi connectivity index (χ1n) is 3.76. The molecule has 0 spiro atoms. The molecule has 0 saturated carbocycles. The second-order valence-corrected chi connectivity index (χ2v) is 2.98. The van der Waals surface area contributed by atoms with Crippen LogP contribution in [-0.2, 0) is 9.59 Å². The number of aliphatic carboxylic acids is 2. The van der Waals surface area contributed by atoms with Crippen molar-refractivity contribution in [1.29, 1.82) is 5.26 Å². The molecule has 0 rings (SSSR count). The SMILES string of the molecule is CCC(C)(C(=O)O)C(C#N)C(=O)O. The van der Waals surface area contributed by atoms with Crippen LogP contribution in [0.3, 0.4) is 0 Å². The summed E-state index contributed by atoms with van der Waals surface area (Å²) >= 11 is 0. The number of nitriles is 1. The molecule has 0 aromatic rings. The van der Waals surface area contributed by atoms with Crippen LogP contribution in [0.25, 0.3) is 0 Å². The van der Waals surface area contributed by atoms with Crippen molar-refractivity contribution in [2.75, 3.05) is 0 Å². The molecule has 5 nitrogen and oxygen atoms in total. The summed E-state index contributed by atoms with van der Waals surface area (Å²) in [6.07, 6.45) is 0.104. The highest BCUT2D eigenvalue weighted by Crippen LogP contribution is 2.31. The molecule has 5 heteroatoms. The first kappa shape index (κ1) is 11.4. The molecule has 2 unspecified atom stereocenters. The van der Waals surface area contributed by atoms with Gasteiger partial charge in [0.1, 0.15) is 0 Å². The summed E-state index contributed by atoms with van der Waals surface area (Å²) in [7, 11) is 0. The Balaban J connectivity index is 5.06. The predicted octanol–water partition coefficient (Wildman–Crippen LogP) is 0.712. The van der Waals surface area contributed by atoms with Gasteiger partial charge in [0.2, 0.25) is 0 Å². The molecule has 0 bridgehead atoms. The maximum atomic E-state index is 10.7. The fourth-order valence-electron chi connectivity index (χ4n) is 0.949. The van der Waals surface area contributed by atoms with Gasteiger partial charge in [0.25, 0.3) is 0 Å². The summed E-state index contributed by atoms with van der Waals surface area (Å²) in [5.41, 5.74) is -1.51. The van der Waals surface area contributed by atoms with Gasteiger partial charge < -0.3 is 10.2 Å². The molecule has 0 aliphatic rings. The smallest absolute Gasteiger partial charge is 0.322 e. The van der Waals surface area contributed by atoms with Gasteiger partial charge in [0, 0.05) is 0 Å². The van der Waals surface area contributed by atoms with E-state index < -0.39 is 23.3 Å². The van der Waals surface area contributed by atoms with Crippen molar-refractivity contribution in [2.45, 2.75) is 20.3 Å². The molecule has 0 radical (unpaired) electrons. The molecule has 0 amide bonds. The normalized spacial score (nSPS) is 16.7. The Kier molecular flexibility index (Phi) is 3.43. The average Bonchev–Trinajstić information content (AvgIpc) is 2.04. The van der Waals surface area contributed by atoms with Crippen molar-refractivity contribution in [3.63, 3.8) is 0 Å². The van der Waals surface area contributed by atoms with Gasteiger partial charge in [-0.1, -0.05) is 6.92 Å². The Bertz CT molecular complexity index is 268. The first-order chi connectivity index (χ1) is 5.90. The van der Waals surface area contributed by atoms with Crippen LogP contribution in [-0.4, -0.2) is 22.2 Å². The number of nitrogens with zero attached hydrogens (tertiary/aromatic N) is 1. The van der Waals surface area contributed by atoms with Gasteiger partial charge in [-0.05, 0) is 13.3 Å². The summed E-state index contributed by atoms with van der Waals surface area (Å²) in [5.74, 6) is -4.16. The van der Waals surface area contributed by atoms with Crippen LogP contribution in [0.1, 0.15) is 20.3 Å².